The van der Waals surface area contributed by atoms with Gasteiger partial charge in [0, 0.05) is 0 Å². The lowest BCUT2D eigenvalue weighted by atomic mass is 9.84. The molecule has 0 aromatic heterocycles. The molecule has 0 amide bonds. The number of carbonyl (C=O) groups excluding carboxylic acids is 2. The van der Waals surface area contributed by atoms with Crippen LogP contribution in [0.5, 0.6) is 0 Å². The highest BCUT2D eigenvalue weighted by Crippen LogP contribution is 2.46. The maximum absolute atomic E-state index is 12.0. The smallest absolute Gasteiger partial charge is 0.319 e. The van der Waals surface area contributed by atoms with Crippen molar-refractivity contribution in [3.05, 3.63) is 0 Å². The lowest BCUT2D eigenvalue weighted by Crippen LogP contribution is -2.48. The molecule has 0 N–H and O–H groups in total. The minimum absolute atomic E-state index is 0.260. The summed E-state index contributed by atoms with van der Waals surface area (Å²) in [5.41, 5.74) is 0. The standard InChI is InChI=1S/C11H14O6/c1-11(2)16-8-6-4(10(13)14-3)5(12)7(15-6)9(8)17-11/h4,6-9H,1-3H3/t4-,6+,7+,8-,9+/m1/s1. The first-order chi connectivity index (χ1) is 7.94. The molecule has 0 spiro atoms. The van der Waals surface area contributed by atoms with Gasteiger partial charge in [-0.05, 0) is 13.8 Å². The van der Waals surface area contributed by atoms with Crippen LogP contribution in [0.4, 0.5) is 0 Å². The van der Waals surface area contributed by atoms with Crippen molar-refractivity contribution in [2.24, 2.45) is 5.92 Å². The van der Waals surface area contributed by atoms with Gasteiger partial charge in [-0.2, -0.15) is 0 Å². The van der Waals surface area contributed by atoms with Gasteiger partial charge in [-0.15, -0.1) is 0 Å². The van der Waals surface area contributed by atoms with Crippen molar-refractivity contribution < 1.29 is 28.5 Å². The van der Waals surface area contributed by atoms with E-state index >= 15 is 0 Å². The summed E-state index contributed by atoms with van der Waals surface area (Å²) >= 11 is 0. The highest BCUT2D eigenvalue weighted by Gasteiger charge is 2.67. The molecule has 0 aromatic carbocycles. The van der Waals surface area contributed by atoms with Crippen molar-refractivity contribution in [1.82, 2.24) is 0 Å². The van der Waals surface area contributed by atoms with E-state index in [-0.39, 0.29) is 11.9 Å². The summed E-state index contributed by atoms with van der Waals surface area (Å²) < 4.78 is 21.4. The zero-order valence-electron chi connectivity index (χ0n) is 9.84. The van der Waals surface area contributed by atoms with Gasteiger partial charge in [0.05, 0.1) is 7.11 Å². The van der Waals surface area contributed by atoms with Crippen molar-refractivity contribution in [1.29, 1.82) is 0 Å². The maximum Gasteiger partial charge on any atom is 0.319 e. The average molecular weight is 242 g/mol. The van der Waals surface area contributed by atoms with Gasteiger partial charge in [0.1, 0.15) is 30.3 Å². The lowest BCUT2D eigenvalue weighted by molar-refractivity contribution is -0.180. The van der Waals surface area contributed by atoms with Crippen LogP contribution in [0, 0.1) is 5.92 Å². The summed E-state index contributed by atoms with van der Waals surface area (Å²) in [6.07, 6.45) is -2.04. The Bertz CT molecular complexity index is 389. The van der Waals surface area contributed by atoms with Crippen LogP contribution in [0.25, 0.3) is 0 Å². The maximum atomic E-state index is 12.0. The highest BCUT2D eigenvalue weighted by atomic mass is 16.8. The molecule has 17 heavy (non-hydrogen) atoms. The molecule has 2 bridgehead atoms. The van der Waals surface area contributed by atoms with Gasteiger partial charge in [0.25, 0.3) is 0 Å². The van der Waals surface area contributed by atoms with Crippen LogP contribution >= 0.6 is 0 Å². The fraction of sp³-hybridized carbons (Fsp3) is 0.818. The van der Waals surface area contributed by atoms with Gasteiger partial charge in [-0.3, -0.25) is 9.59 Å². The minimum Gasteiger partial charge on any atom is -0.468 e. The number of fused-ring (bicyclic) bond motifs is 5. The minimum atomic E-state index is -0.872. The highest BCUT2D eigenvalue weighted by molar-refractivity contribution is 6.04. The summed E-state index contributed by atoms with van der Waals surface area (Å²) in [5, 5.41) is 0. The molecule has 0 saturated carbocycles. The Balaban J connectivity index is 1.89. The molecule has 3 fully saturated rings. The van der Waals surface area contributed by atoms with E-state index in [1.54, 1.807) is 13.8 Å². The first-order valence-electron chi connectivity index (χ1n) is 5.57. The van der Waals surface area contributed by atoms with Crippen molar-refractivity contribution >= 4 is 11.8 Å². The van der Waals surface area contributed by atoms with Crippen molar-refractivity contribution in [3.63, 3.8) is 0 Å². The Morgan fingerprint density at radius 1 is 1.24 bits per heavy atom. The SMILES string of the molecule is COC(=O)[C@@H]1C(=O)[C@@H]2O[C@@H]1[C@H]1OC(C)(C)O[C@H]12. The fourth-order valence-electron chi connectivity index (χ4n) is 2.84. The molecule has 3 saturated heterocycles. The summed E-state index contributed by atoms with van der Waals surface area (Å²) in [6.45, 7) is 3.56. The molecule has 94 valence electrons. The topological polar surface area (TPSA) is 71.1 Å². The quantitative estimate of drug-likeness (QED) is 0.462. The summed E-state index contributed by atoms with van der Waals surface area (Å²) in [7, 11) is 1.26. The molecule has 3 aliphatic heterocycles. The Morgan fingerprint density at radius 3 is 2.53 bits per heavy atom. The van der Waals surface area contributed by atoms with Crippen LogP contribution < -0.4 is 0 Å². The van der Waals surface area contributed by atoms with Gasteiger partial charge in [0.15, 0.2) is 11.6 Å². The normalized spacial score (nSPS) is 46.1. The van der Waals surface area contributed by atoms with E-state index in [2.05, 4.69) is 4.74 Å². The Hall–Kier alpha value is -0.980. The number of methoxy groups -OCH3 is 1. The molecule has 6 nitrogen and oxygen atoms in total. The summed E-state index contributed by atoms with van der Waals surface area (Å²) in [4.78, 5) is 23.5. The predicted octanol–water partition coefficient (Wildman–Crippen LogP) is -0.354. The molecule has 3 rings (SSSR count). The Kier molecular flexibility index (Phi) is 2.14. The number of ether oxygens (including phenoxy) is 4. The van der Waals surface area contributed by atoms with E-state index in [1.165, 1.54) is 7.11 Å². The van der Waals surface area contributed by atoms with Crippen LogP contribution in [-0.4, -0.2) is 49.1 Å². The van der Waals surface area contributed by atoms with E-state index in [1.807, 2.05) is 0 Å². The molecule has 0 aliphatic carbocycles. The van der Waals surface area contributed by atoms with Gasteiger partial charge >= 0.3 is 5.97 Å². The third-order valence-electron chi connectivity index (χ3n) is 3.46. The van der Waals surface area contributed by atoms with Crippen molar-refractivity contribution in [3.8, 4) is 0 Å². The molecule has 3 aliphatic rings. The zero-order chi connectivity index (χ0) is 12.4. The molecule has 0 unspecified atom stereocenters. The van der Waals surface area contributed by atoms with Crippen molar-refractivity contribution in [2.75, 3.05) is 7.11 Å². The van der Waals surface area contributed by atoms with E-state index < -0.39 is 36.0 Å². The van der Waals surface area contributed by atoms with Gasteiger partial charge < -0.3 is 18.9 Å². The average Bonchev–Trinajstić information content (AvgIpc) is 2.83. The molecular formula is C11H14O6. The van der Waals surface area contributed by atoms with Crippen LogP contribution in [0.2, 0.25) is 0 Å². The number of ketones is 1. The first kappa shape index (κ1) is 11.1. The largest absolute Gasteiger partial charge is 0.468 e. The van der Waals surface area contributed by atoms with Gasteiger partial charge in [-0.25, -0.2) is 0 Å². The molecule has 6 heteroatoms. The fourth-order valence-corrected chi connectivity index (χ4v) is 2.84. The molecule has 0 aromatic rings. The second kappa shape index (κ2) is 3.28. The molecule has 0 radical (unpaired) electrons. The third kappa shape index (κ3) is 1.38. The predicted molar refractivity (Wildman–Crippen MR) is 53.0 cm³/mol. The number of carbonyl (C=O) groups is 2. The molecule has 3 heterocycles. The lowest BCUT2D eigenvalue weighted by Gasteiger charge is -2.22. The van der Waals surface area contributed by atoms with E-state index in [0.29, 0.717) is 0 Å². The molecule has 5 atom stereocenters. The number of hydrogen-bond donors (Lipinski definition) is 0. The van der Waals surface area contributed by atoms with E-state index in [0.717, 1.165) is 0 Å². The monoisotopic (exact) mass is 242 g/mol. The van der Waals surface area contributed by atoms with Gasteiger partial charge in [0.2, 0.25) is 0 Å². The second-order valence-electron chi connectivity index (χ2n) is 4.99. The number of esters is 1. The summed E-state index contributed by atoms with van der Waals surface area (Å²) in [5.74, 6) is -2.43. The number of hydrogen-bond acceptors (Lipinski definition) is 6. The van der Waals surface area contributed by atoms with Crippen LogP contribution in [-0.2, 0) is 28.5 Å². The van der Waals surface area contributed by atoms with Crippen LogP contribution in [0.3, 0.4) is 0 Å². The molecular weight excluding hydrogens is 228 g/mol. The number of Topliss-reactive ketones (excluding diaryl/α,β-unsaturated/α-hetero) is 1. The van der Waals surface area contributed by atoms with E-state index in [9.17, 15) is 9.59 Å². The third-order valence-corrected chi connectivity index (χ3v) is 3.46. The van der Waals surface area contributed by atoms with Crippen LogP contribution in [0.15, 0.2) is 0 Å². The van der Waals surface area contributed by atoms with E-state index in [4.69, 9.17) is 14.2 Å². The first-order valence-corrected chi connectivity index (χ1v) is 5.57. The van der Waals surface area contributed by atoms with Gasteiger partial charge in [-0.1, -0.05) is 0 Å². The second-order valence-corrected chi connectivity index (χ2v) is 4.99. The Labute approximate surface area is 98.1 Å². The number of rotatable bonds is 1. The summed E-state index contributed by atoms with van der Waals surface area (Å²) in [6, 6.07) is 0. The van der Waals surface area contributed by atoms with Crippen molar-refractivity contribution in [2.45, 2.75) is 44.1 Å². The zero-order valence-corrected chi connectivity index (χ0v) is 9.84. The Morgan fingerprint density at radius 2 is 1.88 bits per heavy atom. The van der Waals surface area contributed by atoms with Crippen LogP contribution in [0.1, 0.15) is 13.8 Å².